The van der Waals surface area contributed by atoms with Gasteiger partial charge in [0.1, 0.15) is 0 Å². The second-order valence-electron chi connectivity index (χ2n) is 3.86. The third kappa shape index (κ3) is 1.82. The normalized spacial score (nSPS) is 16.3. The summed E-state index contributed by atoms with van der Waals surface area (Å²) in [6, 6.07) is 2.49. The van der Waals surface area contributed by atoms with E-state index in [2.05, 4.69) is 0 Å². The van der Waals surface area contributed by atoms with Crippen molar-refractivity contribution < 1.29 is 23.4 Å². The van der Waals surface area contributed by atoms with Crippen LogP contribution in [0.5, 0.6) is 11.5 Å². The van der Waals surface area contributed by atoms with Gasteiger partial charge in [-0.1, -0.05) is 0 Å². The summed E-state index contributed by atoms with van der Waals surface area (Å²) >= 11 is 0. The van der Waals surface area contributed by atoms with Crippen LogP contribution in [0.1, 0.15) is 31.1 Å². The van der Waals surface area contributed by atoms with E-state index in [1.807, 2.05) is 0 Å². The summed E-state index contributed by atoms with van der Waals surface area (Å²) in [5.74, 6) is -2.36. The van der Waals surface area contributed by atoms with Crippen LogP contribution >= 0.6 is 0 Å². The van der Waals surface area contributed by atoms with E-state index in [0.29, 0.717) is 11.3 Å². The predicted molar refractivity (Wildman–Crippen MR) is 52.8 cm³/mol. The minimum absolute atomic E-state index is 0.00616. The minimum Gasteiger partial charge on any atom is -0.454 e. The first-order valence-corrected chi connectivity index (χ1v) is 4.89. The SMILES string of the molecule is CC(O)c1cc(C(C)(F)F)cc2c1OCO2. The number of aliphatic hydroxyl groups is 1. The van der Waals surface area contributed by atoms with E-state index in [0.717, 1.165) is 6.92 Å². The van der Waals surface area contributed by atoms with Crippen molar-refractivity contribution in [2.75, 3.05) is 6.79 Å². The number of alkyl halides is 2. The van der Waals surface area contributed by atoms with Gasteiger partial charge in [0.05, 0.1) is 6.10 Å². The Bertz CT molecular complexity index is 410. The van der Waals surface area contributed by atoms with Gasteiger partial charge in [-0.3, -0.25) is 0 Å². The molecule has 0 fully saturated rings. The topological polar surface area (TPSA) is 38.7 Å². The molecule has 3 nitrogen and oxygen atoms in total. The average Bonchev–Trinajstić information content (AvgIpc) is 2.61. The zero-order valence-electron chi connectivity index (χ0n) is 8.96. The fraction of sp³-hybridized carbons (Fsp3) is 0.455. The summed E-state index contributed by atoms with van der Waals surface area (Å²) in [5.41, 5.74) is 0.138. The highest BCUT2D eigenvalue weighted by Crippen LogP contribution is 2.42. The average molecular weight is 230 g/mol. The third-order valence-electron chi connectivity index (χ3n) is 2.46. The van der Waals surface area contributed by atoms with Crippen LogP contribution in [-0.2, 0) is 5.92 Å². The summed E-state index contributed by atoms with van der Waals surface area (Å²) < 4.78 is 36.6. The quantitative estimate of drug-likeness (QED) is 0.848. The lowest BCUT2D eigenvalue weighted by Crippen LogP contribution is -2.08. The van der Waals surface area contributed by atoms with Gasteiger partial charge >= 0.3 is 0 Å². The Labute approximate surface area is 91.6 Å². The summed E-state index contributed by atoms with van der Waals surface area (Å²) in [6.07, 6.45) is -0.877. The number of halogens is 2. The van der Waals surface area contributed by atoms with Crippen LogP contribution in [0.4, 0.5) is 8.78 Å². The van der Waals surface area contributed by atoms with Crippen LogP contribution in [0.2, 0.25) is 0 Å². The number of hydrogen-bond acceptors (Lipinski definition) is 3. The fourth-order valence-electron chi connectivity index (χ4n) is 1.60. The largest absolute Gasteiger partial charge is 0.454 e. The Morgan fingerprint density at radius 2 is 2.06 bits per heavy atom. The molecule has 1 aliphatic heterocycles. The first kappa shape index (κ1) is 11.1. The van der Waals surface area contributed by atoms with Crippen LogP contribution in [0.15, 0.2) is 12.1 Å². The molecular weight excluding hydrogens is 218 g/mol. The molecule has 16 heavy (non-hydrogen) atoms. The molecule has 0 bridgehead atoms. The van der Waals surface area contributed by atoms with Crippen molar-refractivity contribution >= 4 is 0 Å². The fourth-order valence-corrected chi connectivity index (χ4v) is 1.60. The van der Waals surface area contributed by atoms with Gasteiger partial charge in [-0.2, -0.15) is 0 Å². The number of fused-ring (bicyclic) bond motifs is 1. The Morgan fingerprint density at radius 1 is 1.38 bits per heavy atom. The molecule has 0 amide bonds. The van der Waals surface area contributed by atoms with Crippen molar-refractivity contribution in [3.63, 3.8) is 0 Å². The molecule has 1 N–H and O–H groups in total. The van der Waals surface area contributed by atoms with Crippen LogP contribution < -0.4 is 9.47 Å². The van der Waals surface area contributed by atoms with Crippen molar-refractivity contribution in [3.8, 4) is 11.5 Å². The summed E-state index contributed by atoms with van der Waals surface area (Å²) in [4.78, 5) is 0. The highest BCUT2D eigenvalue weighted by atomic mass is 19.3. The molecule has 0 spiro atoms. The predicted octanol–water partition coefficient (Wildman–Crippen LogP) is 2.58. The second-order valence-corrected chi connectivity index (χ2v) is 3.86. The van der Waals surface area contributed by atoms with E-state index >= 15 is 0 Å². The Kier molecular flexibility index (Phi) is 2.50. The van der Waals surface area contributed by atoms with E-state index in [9.17, 15) is 13.9 Å². The van der Waals surface area contributed by atoms with Gasteiger partial charge in [-0.15, -0.1) is 0 Å². The molecule has 88 valence electrons. The maximum atomic E-state index is 13.2. The molecule has 0 saturated heterocycles. The van der Waals surface area contributed by atoms with E-state index in [1.165, 1.54) is 19.1 Å². The van der Waals surface area contributed by atoms with Crippen LogP contribution in [0.25, 0.3) is 0 Å². The molecule has 0 aromatic heterocycles. The summed E-state index contributed by atoms with van der Waals surface area (Å²) in [6.45, 7) is 2.29. The maximum Gasteiger partial charge on any atom is 0.270 e. The van der Waals surface area contributed by atoms with Crippen LogP contribution in [0.3, 0.4) is 0 Å². The zero-order valence-corrected chi connectivity index (χ0v) is 8.96. The van der Waals surface area contributed by atoms with Crippen molar-refractivity contribution in [2.45, 2.75) is 25.9 Å². The monoisotopic (exact) mass is 230 g/mol. The molecule has 0 radical (unpaired) electrons. The van der Waals surface area contributed by atoms with Gasteiger partial charge in [-0.25, -0.2) is 8.78 Å². The second kappa shape index (κ2) is 3.59. The lowest BCUT2D eigenvalue weighted by atomic mass is 10.0. The maximum absolute atomic E-state index is 13.2. The van der Waals surface area contributed by atoms with Gasteiger partial charge in [0.2, 0.25) is 6.79 Å². The van der Waals surface area contributed by atoms with E-state index in [4.69, 9.17) is 9.47 Å². The summed E-state index contributed by atoms with van der Waals surface area (Å²) in [7, 11) is 0. The molecular formula is C11H12F2O3. The molecule has 0 saturated carbocycles. The molecule has 0 aliphatic carbocycles. The third-order valence-corrected chi connectivity index (χ3v) is 2.46. The van der Waals surface area contributed by atoms with E-state index < -0.39 is 12.0 Å². The first-order chi connectivity index (χ1) is 7.39. The molecule has 5 heteroatoms. The smallest absolute Gasteiger partial charge is 0.270 e. The number of rotatable bonds is 2. The molecule has 2 rings (SSSR count). The highest BCUT2D eigenvalue weighted by Gasteiger charge is 2.30. The number of hydrogen-bond donors (Lipinski definition) is 1. The van der Waals surface area contributed by atoms with E-state index in [-0.39, 0.29) is 18.1 Å². The van der Waals surface area contributed by atoms with Gasteiger partial charge in [0, 0.05) is 18.1 Å². The lowest BCUT2D eigenvalue weighted by molar-refractivity contribution is 0.0170. The van der Waals surface area contributed by atoms with Crippen molar-refractivity contribution in [1.29, 1.82) is 0 Å². The van der Waals surface area contributed by atoms with Crippen molar-refractivity contribution in [1.82, 2.24) is 0 Å². The standard InChI is InChI=1S/C11H12F2O3/c1-6(14)8-3-7(11(2,12)13)4-9-10(8)16-5-15-9/h3-4,6,14H,5H2,1-2H3. The zero-order chi connectivity index (χ0) is 11.9. The molecule has 1 atom stereocenters. The number of ether oxygens (including phenoxy) is 2. The van der Waals surface area contributed by atoms with E-state index in [1.54, 1.807) is 0 Å². The van der Waals surface area contributed by atoms with Crippen LogP contribution in [-0.4, -0.2) is 11.9 Å². The number of aliphatic hydroxyl groups excluding tert-OH is 1. The van der Waals surface area contributed by atoms with Crippen molar-refractivity contribution in [3.05, 3.63) is 23.3 Å². The van der Waals surface area contributed by atoms with Gasteiger partial charge < -0.3 is 14.6 Å². The Balaban J connectivity index is 2.56. The highest BCUT2D eigenvalue weighted by molar-refractivity contribution is 5.52. The first-order valence-electron chi connectivity index (χ1n) is 4.89. The molecule has 1 unspecified atom stereocenters. The minimum atomic E-state index is -2.97. The Hall–Kier alpha value is -1.36. The van der Waals surface area contributed by atoms with Gasteiger partial charge in [0.15, 0.2) is 11.5 Å². The molecule has 1 aromatic carbocycles. The lowest BCUT2D eigenvalue weighted by Gasteiger charge is -2.15. The van der Waals surface area contributed by atoms with Gasteiger partial charge in [-0.05, 0) is 19.1 Å². The number of benzene rings is 1. The molecule has 1 heterocycles. The molecule has 1 aromatic rings. The Morgan fingerprint density at radius 3 is 2.62 bits per heavy atom. The molecule has 1 aliphatic rings. The van der Waals surface area contributed by atoms with Gasteiger partial charge in [0.25, 0.3) is 5.92 Å². The van der Waals surface area contributed by atoms with Crippen molar-refractivity contribution in [2.24, 2.45) is 0 Å². The van der Waals surface area contributed by atoms with Crippen LogP contribution in [0, 0.1) is 0 Å². The summed E-state index contributed by atoms with van der Waals surface area (Å²) in [5, 5.41) is 9.50.